The number of methoxy groups -OCH3 is 1. The van der Waals surface area contributed by atoms with Crippen LogP contribution in [0.2, 0.25) is 18.6 Å². The van der Waals surface area contributed by atoms with Crippen LogP contribution in [-0.2, 0) is 27.3 Å². The molecule has 1 N–H and O–H groups in total. The largest absolute Gasteiger partial charge is 0.497 e. The van der Waals surface area contributed by atoms with Gasteiger partial charge in [0.2, 0.25) is 12.3 Å². The van der Waals surface area contributed by atoms with Gasteiger partial charge in [0.05, 0.1) is 40.4 Å². The molecule has 252 valence electrons. The van der Waals surface area contributed by atoms with Gasteiger partial charge in [-0.1, -0.05) is 98.0 Å². The van der Waals surface area contributed by atoms with Gasteiger partial charge < -0.3 is 19.5 Å². The molecule has 1 heterocycles. The summed E-state index contributed by atoms with van der Waals surface area (Å²) >= 11 is 0. The first kappa shape index (κ1) is 35.1. The number of amides is 2. The van der Waals surface area contributed by atoms with Gasteiger partial charge in [-0.05, 0) is 71.8 Å². The number of nitrogens with zero attached hydrogens (tertiary/aromatic N) is 2. The van der Waals surface area contributed by atoms with Gasteiger partial charge in [0.25, 0.3) is 0 Å². The molecule has 4 aromatic rings. The fourth-order valence-electron chi connectivity index (χ4n) is 7.39. The Morgan fingerprint density at radius 1 is 0.875 bits per heavy atom. The average molecular weight is 665 g/mol. The maximum Gasteiger partial charge on any atom is 0.225 e. The summed E-state index contributed by atoms with van der Waals surface area (Å²) in [6, 6.07) is 36.1. The van der Waals surface area contributed by atoms with E-state index in [-0.39, 0.29) is 49.1 Å². The number of benzene rings is 4. The van der Waals surface area contributed by atoms with E-state index in [0.717, 1.165) is 47.5 Å². The molecule has 5 rings (SSSR count). The molecule has 4 aromatic carbocycles. The molecule has 8 heteroatoms. The van der Waals surface area contributed by atoms with Crippen molar-refractivity contribution >= 4 is 37.0 Å². The van der Waals surface area contributed by atoms with Gasteiger partial charge >= 0.3 is 0 Å². The minimum absolute atomic E-state index is 0.00199. The summed E-state index contributed by atoms with van der Waals surface area (Å²) in [5.74, 6) is 1.05. The molecule has 4 atom stereocenters. The number of anilines is 2. The Morgan fingerprint density at radius 2 is 1.52 bits per heavy atom. The fourth-order valence-corrected chi connectivity index (χ4v) is 11.5. The van der Waals surface area contributed by atoms with Crippen LogP contribution in [0.1, 0.15) is 30.9 Å². The molecule has 1 saturated heterocycles. The molecule has 1 aliphatic rings. The highest BCUT2D eigenvalue weighted by Gasteiger charge is 2.51. The Kier molecular flexibility index (Phi) is 11.9. The molecule has 1 aliphatic heterocycles. The molecule has 0 saturated carbocycles. The number of ether oxygens (including phenoxy) is 2. The standard InChI is InChI=1S/C40H48N2O5Si/c1-30-37(23-18-31-14-11-17-34(26-31)42(29-44)33-15-9-6-10-16-33)47-38(40(30)48(3,4)36-21-19-35(46-2)20-22-36)27-39(45)41(24-25-43)28-32-12-7-5-8-13-32/h5-17,19-22,26,29-30,37-38,40,43H,18,23-25,27-28H2,1-4H3/t30-,37+,38-,40+/m1/s1. The zero-order valence-corrected chi connectivity index (χ0v) is 29.5. The van der Waals surface area contributed by atoms with Crippen molar-refractivity contribution in [2.45, 2.75) is 63.6 Å². The molecule has 0 aromatic heterocycles. The Morgan fingerprint density at radius 3 is 2.17 bits per heavy atom. The van der Waals surface area contributed by atoms with Crippen molar-refractivity contribution in [1.82, 2.24) is 4.90 Å². The second-order valence-electron chi connectivity index (χ2n) is 13.3. The summed E-state index contributed by atoms with van der Waals surface area (Å²) in [6.45, 7) is 7.69. The normalized spacial score (nSPS) is 19.1. The van der Waals surface area contributed by atoms with E-state index in [1.165, 1.54) is 5.19 Å². The second kappa shape index (κ2) is 16.2. The highest BCUT2D eigenvalue weighted by atomic mass is 28.3. The molecule has 0 aliphatic carbocycles. The van der Waals surface area contributed by atoms with E-state index in [4.69, 9.17) is 9.47 Å². The number of hydrogen-bond donors (Lipinski definition) is 1. The van der Waals surface area contributed by atoms with Gasteiger partial charge in [-0.2, -0.15) is 0 Å². The van der Waals surface area contributed by atoms with Crippen molar-refractivity contribution < 1.29 is 24.2 Å². The monoisotopic (exact) mass is 664 g/mol. The first-order chi connectivity index (χ1) is 23.2. The SMILES string of the molecule is COc1ccc([Si](C)(C)[C@H]2[C@H](C)[C@H](CCc3cccc(N(C=O)c4ccccc4)c3)O[C@@H]2CC(=O)N(CCO)Cc2ccccc2)cc1. The summed E-state index contributed by atoms with van der Waals surface area (Å²) in [4.78, 5) is 29.4. The maximum absolute atomic E-state index is 13.9. The van der Waals surface area contributed by atoms with Crippen molar-refractivity contribution in [2.24, 2.45) is 5.92 Å². The van der Waals surface area contributed by atoms with E-state index in [2.05, 4.69) is 44.3 Å². The molecular weight excluding hydrogens is 617 g/mol. The molecule has 0 unspecified atom stereocenters. The number of rotatable bonds is 15. The predicted molar refractivity (Wildman–Crippen MR) is 195 cm³/mol. The van der Waals surface area contributed by atoms with Crippen LogP contribution in [0.5, 0.6) is 5.75 Å². The van der Waals surface area contributed by atoms with Gasteiger partial charge in [0, 0.05) is 24.5 Å². The lowest BCUT2D eigenvalue weighted by Crippen LogP contribution is -2.51. The van der Waals surface area contributed by atoms with Crippen molar-refractivity contribution in [3.63, 3.8) is 0 Å². The smallest absolute Gasteiger partial charge is 0.225 e. The van der Waals surface area contributed by atoms with E-state index >= 15 is 0 Å². The summed E-state index contributed by atoms with van der Waals surface area (Å²) in [6.07, 6.45) is 2.44. The van der Waals surface area contributed by atoms with E-state index in [1.807, 2.05) is 84.9 Å². The molecule has 0 bridgehead atoms. The van der Waals surface area contributed by atoms with Crippen LogP contribution >= 0.6 is 0 Å². The third-order valence-corrected chi connectivity index (χ3v) is 14.3. The molecule has 1 fully saturated rings. The number of hydrogen-bond acceptors (Lipinski definition) is 5. The van der Waals surface area contributed by atoms with Gasteiger partial charge in [-0.3, -0.25) is 14.5 Å². The Balaban J connectivity index is 1.37. The lowest BCUT2D eigenvalue weighted by atomic mass is 9.95. The van der Waals surface area contributed by atoms with Gasteiger partial charge in [-0.15, -0.1) is 0 Å². The van der Waals surface area contributed by atoms with Gasteiger partial charge in [0.15, 0.2) is 0 Å². The molecule has 2 amide bonds. The van der Waals surface area contributed by atoms with Crippen LogP contribution in [0.4, 0.5) is 11.4 Å². The highest BCUT2D eigenvalue weighted by molar-refractivity contribution is 6.91. The summed E-state index contributed by atoms with van der Waals surface area (Å²) in [5.41, 5.74) is 4.00. The minimum atomic E-state index is -2.17. The van der Waals surface area contributed by atoms with Crippen molar-refractivity contribution in [1.29, 1.82) is 0 Å². The Bertz CT molecular complexity index is 1620. The van der Waals surface area contributed by atoms with E-state index < -0.39 is 8.07 Å². The van der Waals surface area contributed by atoms with Crippen molar-refractivity contribution in [3.8, 4) is 5.75 Å². The van der Waals surface area contributed by atoms with Crippen molar-refractivity contribution in [3.05, 3.63) is 120 Å². The van der Waals surface area contributed by atoms with Crippen LogP contribution < -0.4 is 14.8 Å². The van der Waals surface area contributed by atoms with Crippen LogP contribution in [0.3, 0.4) is 0 Å². The van der Waals surface area contributed by atoms with Crippen LogP contribution in [0.25, 0.3) is 0 Å². The topological polar surface area (TPSA) is 79.3 Å². The molecule has 48 heavy (non-hydrogen) atoms. The third kappa shape index (κ3) is 8.24. The van der Waals surface area contributed by atoms with Crippen molar-refractivity contribution in [2.75, 3.05) is 25.2 Å². The zero-order chi connectivity index (χ0) is 34.1. The fraction of sp³-hybridized carbons (Fsp3) is 0.350. The molecule has 0 radical (unpaired) electrons. The van der Waals surface area contributed by atoms with Gasteiger partial charge in [0.1, 0.15) is 5.75 Å². The summed E-state index contributed by atoms with van der Waals surface area (Å²) in [5, 5.41) is 11.1. The Labute approximate surface area is 286 Å². The molecular formula is C40H48N2O5Si. The third-order valence-electron chi connectivity index (χ3n) is 9.93. The average Bonchev–Trinajstić information content (AvgIpc) is 3.43. The summed E-state index contributed by atoms with van der Waals surface area (Å²) in [7, 11) is -0.486. The van der Waals surface area contributed by atoms with E-state index in [9.17, 15) is 14.7 Å². The first-order valence-electron chi connectivity index (χ1n) is 16.9. The van der Waals surface area contributed by atoms with Gasteiger partial charge in [-0.25, -0.2) is 0 Å². The lowest BCUT2D eigenvalue weighted by molar-refractivity contribution is -0.135. The lowest BCUT2D eigenvalue weighted by Gasteiger charge is -2.36. The number of carbonyl (C=O) groups excluding carboxylic acids is 2. The number of aryl methyl sites for hydroxylation is 1. The quantitative estimate of drug-likeness (QED) is 0.113. The zero-order valence-electron chi connectivity index (χ0n) is 28.5. The van der Waals surface area contributed by atoms with E-state index in [1.54, 1.807) is 16.9 Å². The summed E-state index contributed by atoms with van der Waals surface area (Å²) < 4.78 is 12.4. The first-order valence-corrected chi connectivity index (χ1v) is 19.9. The van der Waals surface area contributed by atoms with Crippen LogP contribution in [-0.4, -0.2) is 62.9 Å². The Hall–Kier alpha value is -4.24. The second-order valence-corrected chi connectivity index (χ2v) is 18.0. The van der Waals surface area contributed by atoms with Crippen LogP contribution in [0.15, 0.2) is 109 Å². The predicted octanol–water partition coefficient (Wildman–Crippen LogP) is 6.72. The minimum Gasteiger partial charge on any atom is -0.497 e. The number of para-hydroxylation sites is 1. The number of carbonyl (C=O) groups is 2. The highest BCUT2D eigenvalue weighted by Crippen LogP contribution is 2.46. The number of aliphatic hydroxyl groups is 1. The molecule has 0 spiro atoms. The molecule has 7 nitrogen and oxygen atoms in total. The number of aliphatic hydroxyl groups excluding tert-OH is 1. The van der Waals surface area contributed by atoms with Crippen LogP contribution in [0, 0.1) is 5.92 Å². The van der Waals surface area contributed by atoms with E-state index in [0.29, 0.717) is 6.54 Å². The maximum atomic E-state index is 13.9.